The second-order valence-electron chi connectivity index (χ2n) is 16.8. The third-order valence-corrected chi connectivity index (χ3v) is 11.7. The number of benzene rings is 1. The zero-order chi connectivity index (χ0) is 41.6. The summed E-state index contributed by atoms with van der Waals surface area (Å²) in [6.45, 7) is 8.70. The van der Waals surface area contributed by atoms with Crippen LogP contribution in [0.1, 0.15) is 93.0 Å². The summed E-state index contributed by atoms with van der Waals surface area (Å²) in [5.41, 5.74) is 10.6. The monoisotopic (exact) mass is 809 g/mol. The fraction of sp³-hybridized carbons (Fsp3) is 0.465. The molecule has 4 aromatic rings. The minimum absolute atomic E-state index is 0.00735. The van der Waals surface area contributed by atoms with E-state index in [-0.39, 0.29) is 42.4 Å². The molecule has 0 aliphatic carbocycles. The molecule has 1 unspecified atom stereocenters. The number of nitrogens with one attached hydrogen (secondary N) is 1. The summed E-state index contributed by atoms with van der Waals surface area (Å²) in [6.07, 6.45) is 3.95. The number of hydrogen-bond acceptors (Lipinski definition) is 10. The number of amides is 4. The topological polar surface area (TPSA) is 168 Å². The normalized spacial score (nSPS) is 20.0. The number of carbonyl (C=O) groups is 4. The first kappa shape index (κ1) is 40.0. The molecule has 59 heavy (non-hydrogen) atoms. The van der Waals surface area contributed by atoms with E-state index in [2.05, 4.69) is 20.2 Å². The van der Waals surface area contributed by atoms with Crippen molar-refractivity contribution in [3.05, 3.63) is 77.3 Å². The van der Waals surface area contributed by atoms with E-state index in [4.69, 9.17) is 15.6 Å². The van der Waals surface area contributed by atoms with Gasteiger partial charge in [-0.05, 0) is 92.5 Å². The lowest BCUT2D eigenvalue weighted by Gasteiger charge is -2.36. The molecule has 3 aromatic heterocycles. The summed E-state index contributed by atoms with van der Waals surface area (Å²) < 4.78 is 35.9. The first-order valence-corrected chi connectivity index (χ1v) is 20.3. The van der Waals surface area contributed by atoms with Crippen LogP contribution in [0.2, 0.25) is 0 Å². The Labute approximate surface area is 340 Å². The number of aromatic nitrogens is 4. The average Bonchev–Trinajstić information content (AvgIpc) is 3.80. The van der Waals surface area contributed by atoms with Crippen molar-refractivity contribution < 1.29 is 32.7 Å². The molecular weight excluding hydrogens is 761 g/mol. The van der Waals surface area contributed by atoms with Gasteiger partial charge in [-0.25, -0.2) is 23.3 Å². The number of alkyl halides is 2. The van der Waals surface area contributed by atoms with Gasteiger partial charge in [0.05, 0.1) is 17.1 Å². The Morgan fingerprint density at radius 1 is 1.02 bits per heavy atom. The van der Waals surface area contributed by atoms with Crippen LogP contribution in [0.15, 0.2) is 54.7 Å². The third-order valence-electron chi connectivity index (χ3n) is 11.7. The number of halogens is 2. The first-order valence-electron chi connectivity index (χ1n) is 20.3. The number of ether oxygens (including phenoxy) is 1. The molecule has 0 saturated carbocycles. The van der Waals surface area contributed by atoms with Gasteiger partial charge < -0.3 is 25.2 Å². The van der Waals surface area contributed by atoms with E-state index >= 15 is 0 Å². The summed E-state index contributed by atoms with van der Waals surface area (Å²) >= 11 is 0. The highest BCUT2D eigenvalue weighted by atomic mass is 19.3. The predicted molar refractivity (Wildman–Crippen MR) is 215 cm³/mol. The molecule has 0 bridgehead atoms. The molecule has 0 radical (unpaired) electrons. The molecule has 2 atom stereocenters. The van der Waals surface area contributed by atoms with E-state index in [9.17, 15) is 28.0 Å². The molecule has 7 heterocycles. The lowest BCUT2D eigenvalue weighted by Crippen LogP contribution is -2.52. The molecule has 16 heteroatoms. The summed E-state index contributed by atoms with van der Waals surface area (Å²) in [5.74, 6) is -0.607. The minimum Gasteiger partial charge on any atom is -0.490 e. The average molecular weight is 810 g/mol. The van der Waals surface area contributed by atoms with Gasteiger partial charge in [-0.1, -0.05) is 19.9 Å². The number of piperidine rings is 2. The highest BCUT2D eigenvalue weighted by Crippen LogP contribution is 2.35. The van der Waals surface area contributed by atoms with Crippen LogP contribution in [0.3, 0.4) is 0 Å². The van der Waals surface area contributed by atoms with Crippen molar-refractivity contribution in [2.45, 2.75) is 83.8 Å². The van der Waals surface area contributed by atoms with E-state index in [0.29, 0.717) is 99.0 Å². The van der Waals surface area contributed by atoms with Gasteiger partial charge >= 0.3 is 0 Å². The number of rotatable bonds is 11. The van der Waals surface area contributed by atoms with Crippen molar-refractivity contribution in [1.82, 2.24) is 34.7 Å². The number of pyridine rings is 1. The van der Waals surface area contributed by atoms with Gasteiger partial charge in [-0.2, -0.15) is 5.10 Å². The lowest BCUT2D eigenvalue weighted by molar-refractivity contribution is -0.137. The van der Waals surface area contributed by atoms with Crippen molar-refractivity contribution >= 4 is 40.5 Å². The molecular formula is C43H49F2N9O5. The van der Waals surface area contributed by atoms with Crippen LogP contribution >= 0.6 is 0 Å². The molecule has 310 valence electrons. The number of nitrogens with two attached hydrogens (primary N) is 1. The summed E-state index contributed by atoms with van der Waals surface area (Å²) in [7, 11) is 0. The Kier molecular flexibility index (Phi) is 10.9. The van der Waals surface area contributed by atoms with Gasteiger partial charge in [-0.3, -0.25) is 24.5 Å². The molecule has 2 saturated heterocycles. The molecule has 4 aliphatic rings. The van der Waals surface area contributed by atoms with Gasteiger partial charge in [0.2, 0.25) is 17.7 Å². The van der Waals surface area contributed by atoms with E-state index < -0.39 is 29.6 Å². The maximum Gasteiger partial charge on any atom is 0.284 e. The highest BCUT2D eigenvalue weighted by molar-refractivity contribution is 6.05. The second-order valence-corrected chi connectivity index (χ2v) is 16.8. The van der Waals surface area contributed by atoms with Crippen LogP contribution in [0.5, 0.6) is 5.75 Å². The van der Waals surface area contributed by atoms with E-state index in [1.165, 1.54) is 6.07 Å². The number of fused-ring (bicyclic) bond motifs is 2. The van der Waals surface area contributed by atoms with Crippen LogP contribution in [-0.4, -0.2) is 97.4 Å². The Morgan fingerprint density at radius 2 is 1.81 bits per heavy atom. The minimum atomic E-state index is -2.87. The predicted octanol–water partition coefficient (Wildman–Crippen LogP) is 5.16. The molecule has 8 rings (SSSR count). The van der Waals surface area contributed by atoms with E-state index in [1.807, 2.05) is 56.0 Å². The van der Waals surface area contributed by atoms with Gasteiger partial charge in [0.15, 0.2) is 5.65 Å². The van der Waals surface area contributed by atoms with Crippen molar-refractivity contribution in [2.24, 2.45) is 17.6 Å². The Balaban J connectivity index is 0.887. The molecule has 1 aromatic carbocycles. The van der Waals surface area contributed by atoms with Crippen LogP contribution < -0.4 is 20.7 Å². The quantitative estimate of drug-likeness (QED) is 0.193. The number of nitrogens with zero attached hydrogens (tertiary/aromatic N) is 7. The number of anilines is 1. The Hall–Kier alpha value is -5.77. The van der Waals surface area contributed by atoms with E-state index in [1.54, 1.807) is 27.7 Å². The van der Waals surface area contributed by atoms with Crippen molar-refractivity contribution in [2.75, 3.05) is 37.7 Å². The highest BCUT2D eigenvalue weighted by Gasteiger charge is 2.39. The molecule has 3 N–H and O–H groups in total. The largest absolute Gasteiger partial charge is 0.490 e. The van der Waals surface area contributed by atoms with Gasteiger partial charge in [0, 0.05) is 74.1 Å². The van der Waals surface area contributed by atoms with E-state index in [0.717, 1.165) is 16.8 Å². The van der Waals surface area contributed by atoms with Gasteiger partial charge in [-0.15, -0.1) is 0 Å². The smallest absolute Gasteiger partial charge is 0.284 e. The van der Waals surface area contributed by atoms with Crippen molar-refractivity contribution in [3.8, 4) is 17.1 Å². The molecule has 4 amide bonds. The Bertz CT molecular complexity index is 2330. The Morgan fingerprint density at radius 3 is 2.53 bits per heavy atom. The standard InChI is InChI=1S/C43H49F2N9O5/c1-25(2)22-43(3,46)24-59-35-8-6-31(48-38(35)39(44)45)33-10-15-47-36-21-32(50-54(33)36)26-11-18-52(19-12-26)41(57)27-13-16-51(17-14-27)29-4-5-30-28(20-29)23-53(42(30)58)34-7-9-37(55)49-40(34)56/h4-6,8,10-11,15,20-21,25,27,34,39H,7,9,12-14,16-19,22-24,46H2,1-3H3,(H,49,55,56)/t34?,43-/m0/s1. The van der Waals surface area contributed by atoms with Crippen LogP contribution in [-0.2, 0) is 20.9 Å². The second kappa shape index (κ2) is 16.1. The zero-order valence-corrected chi connectivity index (χ0v) is 33.5. The number of hydrogen-bond donors (Lipinski definition) is 2. The summed E-state index contributed by atoms with van der Waals surface area (Å²) in [5, 5.41) is 7.16. The van der Waals surface area contributed by atoms with Gasteiger partial charge in [0.25, 0.3) is 12.3 Å². The molecule has 2 fully saturated rings. The number of imide groups is 1. The summed E-state index contributed by atoms with van der Waals surface area (Å²) in [6, 6.07) is 11.8. The van der Waals surface area contributed by atoms with Crippen LogP contribution in [0, 0.1) is 11.8 Å². The van der Waals surface area contributed by atoms with Crippen LogP contribution in [0.4, 0.5) is 14.5 Å². The van der Waals surface area contributed by atoms with Gasteiger partial charge in [0.1, 0.15) is 24.1 Å². The number of carbonyl (C=O) groups excluding carboxylic acids is 4. The molecule has 0 spiro atoms. The fourth-order valence-electron chi connectivity index (χ4n) is 8.87. The fourth-order valence-corrected chi connectivity index (χ4v) is 8.87. The zero-order valence-electron chi connectivity index (χ0n) is 33.5. The van der Waals surface area contributed by atoms with Crippen molar-refractivity contribution in [1.29, 1.82) is 0 Å². The molecule has 4 aliphatic heterocycles. The molecule has 14 nitrogen and oxygen atoms in total. The SMILES string of the molecule is CC(C)C[C@](C)(N)COc1ccc(-c2ccnc3cc(C4=CCN(C(=O)C5CCN(c6ccc7c(c6)CN(C6CCC(=O)NC6=O)C7=O)CC5)CC4)nn23)nc1C(F)F. The summed E-state index contributed by atoms with van der Waals surface area (Å²) in [4.78, 5) is 65.4. The third kappa shape index (κ3) is 8.27. The van der Waals surface area contributed by atoms with Crippen LogP contribution in [0.25, 0.3) is 22.6 Å². The maximum absolute atomic E-state index is 14.3. The maximum atomic E-state index is 14.3. The first-order chi connectivity index (χ1) is 28.2. The van der Waals surface area contributed by atoms with Crippen molar-refractivity contribution in [3.63, 3.8) is 0 Å². The lowest BCUT2D eigenvalue weighted by atomic mass is 9.93.